The van der Waals surface area contributed by atoms with E-state index >= 15 is 0 Å². The zero-order chi connectivity index (χ0) is 11.4. The van der Waals surface area contributed by atoms with E-state index in [2.05, 4.69) is 10.6 Å². The molecule has 0 unspecified atom stereocenters. The van der Waals surface area contributed by atoms with Crippen molar-refractivity contribution in [2.75, 3.05) is 13.2 Å². The van der Waals surface area contributed by atoms with Gasteiger partial charge in [-0.15, -0.1) is 0 Å². The molecule has 1 fully saturated rings. The van der Waals surface area contributed by atoms with Crippen LogP contribution in [0.1, 0.15) is 13.8 Å². The molecule has 1 aliphatic heterocycles. The molecular formula is C9H19N3O3. The quantitative estimate of drug-likeness (QED) is 0.476. The fourth-order valence-corrected chi connectivity index (χ4v) is 1.39. The van der Waals surface area contributed by atoms with E-state index in [9.17, 15) is 9.90 Å². The number of rotatable bonds is 3. The fraction of sp³-hybridized carbons (Fsp3) is 0.889. The molecule has 0 aromatic rings. The van der Waals surface area contributed by atoms with Crippen LogP contribution in [0.15, 0.2) is 0 Å². The van der Waals surface area contributed by atoms with Crippen molar-refractivity contribution in [2.45, 2.75) is 38.1 Å². The Morgan fingerprint density at radius 2 is 2.33 bits per heavy atom. The van der Waals surface area contributed by atoms with Gasteiger partial charge in [-0.2, -0.15) is 0 Å². The Morgan fingerprint density at radius 1 is 1.67 bits per heavy atom. The predicted octanol–water partition coefficient (Wildman–Crippen LogP) is -1.22. The standard InChI is InChI=1S/C9H19N3O3/c1-5(2)12-9(14)11-3-7-8(13)6(10)4-15-7/h5-8,13H,3-4,10H2,1-2H3,(H2,11,12,14)/t6-,7-,8+/m0/s1. The Morgan fingerprint density at radius 3 is 2.80 bits per heavy atom. The number of aliphatic hydroxyl groups excluding tert-OH is 1. The molecule has 0 bridgehead atoms. The third kappa shape index (κ3) is 3.65. The van der Waals surface area contributed by atoms with E-state index in [-0.39, 0.29) is 24.7 Å². The summed E-state index contributed by atoms with van der Waals surface area (Å²) in [6.07, 6.45) is -1.11. The Labute approximate surface area is 89.2 Å². The van der Waals surface area contributed by atoms with Gasteiger partial charge in [0.1, 0.15) is 6.10 Å². The third-order valence-corrected chi connectivity index (χ3v) is 2.21. The van der Waals surface area contributed by atoms with Gasteiger partial charge in [0.2, 0.25) is 0 Å². The van der Waals surface area contributed by atoms with Gasteiger partial charge in [-0.25, -0.2) is 4.79 Å². The van der Waals surface area contributed by atoms with Crippen LogP contribution >= 0.6 is 0 Å². The lowest BCUT2D eigenvalue weighted by Crippen LogP contribution is -2.46. The Balaban J connectivity index is 2.23. The van der Waals surface area contributed by atoms with Crippen LogP contribution in [0.3, 0.4) is 0 Å². The van der Waals surface area contributed by atoms with Crippen molar-refractivity contribution in [3.05, 3.63) is 0 Å². The Bertz CT molecular complexity index is 223. The van der Waals surface area contributed by atoms with Crippen LogP contribution in [-0.2, 0) is 4.74 Å². The molecule has 1 heterocycles. The number of aliphatic hydroxyl groups is 1. The highest BCUT2D eigenvalue weighted by Crippen LogP contribution is 2.11. The highest BCUT2D eigenvalue weighted by Gasteiger charge is 2.33. The van der Waals surface area contributed by atoms with Crippen LogP contribution in [-0.4, -0.2) is 48.6 Å². The van der Waals surface area contributed by atoms with E-state index in [0.717, 1.165) is 0 Å². The molecule has 15 heavy (non-hydrogen) atoms. The lowest BCUT2D eigenvalue weighted by atomic mass is 10.1. The summed E-state index contributed by atoms with van der Waals surface area (Å²) in [5.74, 6) is 0. The van der Waals surface area contributed by atoms with Crippen molar-refractivity contribution in [1.82, 2.24) is 10.6 Å². The van der Waals surface area contributed by atoms with Crippen LogP contribution in [0, 0.1) is 0 Å². The van der Waals surface area contributed by atoms with Gasteiger partial charge in [-0.05, 0) is 13.8 Å². The maximum atomic E-state index is 11.2. The predicted molar refractivity (Wildman–Crippen MR) is 55.4 cm³/mol. The second-order valence-corrected chi connectivity index (χ2v) is 4.04. The van der Waals surface area contributed by atoms with E-state index in [1.54, 1.807) is 0 Å². The van der Waals surface area contributed by atoms with Crippen molar-refractivity contribution in [1.29, 1.82) is 0 Å². The zero-order valence-electron chi connectivity index (χ0n) is 9.06. The van der Waals surface area contributed by atoms with Gasteiger partial charge in [-0.3, -0.25) is 0 Å². The summed E-state index contributed by atoms with van der Waals surface area (Å²) in [5, 5.41) is 14.8. The minimum atomic E-state index is -0.704. The molecule has 1 aliphatic rings. The number of hydrogen-bond acceptors (Lipinski definition) is 4. The van der Waals surface area contributed by atoms with Crippen molar-refractivity contribution in [3.63, 3.8) is 0 Å². The number of carbonyl (C=O) groups is 1. The van der Waals surface area contributed by atoms with Crippen LogP contribution in [0.25, 0.3) is 0 Å². The molecule has 3 atom stereocenters. The molecule has 6 heteroatoms. The number of nitrogens with one attached hydrogen (secondary N) is 2. The maximum absolute atomic E-state index is 11.2. The topological polar surface area (TPSA) is 96.6 Å². The number of amides is 2. The minimum absolute atomic E-state index is 0.0849. The third-order valence-electron chi connectivity index (χ3n) is 2.21. The molecule has 88 valence electrons. The van der Waals surface area contributed by atoms with Gasteiger partial charge in [0.05, 0.1) is 18.8 Å². The summed E-state index contributed by atoms with van der Waals surface area (Å²) in [4.78, 5) is 11.2. The summed E-state index contributed by atoms with van der Waals surface area (Å²) < 4.78 is 5.22. The van der Waals surface area contributed by atoms with Gasteiger partial charge < -0.3 is 26.2 Å². The summed E-state index contributed by atoms with van der Waals surface area (Å²) in [6, 6.07) is -0.534. The molecule has 1 saturated heterocycles. The summed E-state index contributed by atoms with van der Waals surface area (Å²) >= 11 is 0. The fourth-order valence-electron chi connectivity index (χ4n) is 1.39. The second-order valence-electron chi connectivity index (χ2n) is 4.04. The van der Waals surface area contributed by atoms with E-state index in [4.69, 9.17) is 10.5 Å². The number of carbonyl (C=O) groups excluding carboxylic acids is 1. The number of hydrogen-bond donors (Lipinski definition) is 4. The lowest BCUT2D eigenvalue weighted by Gasteiger charge is -2.16. The highest BCUT2D eigenvalue weighted by atomic mass is 16.5. The van der Waals surface area contributed by atoms with Gasteiger partial charge in [0, 0.05) is 12.6 Å². The van der Waals surface area contributed by atoms with Gasteiger partial charge in [0.25, 0.3) is 0 Å². The first kappa shape index (κ1) is 12.2. The molecule has 0 aromatic carbocycles. The van der Waals surface area contributed by atoms with Crippen molar-refractivity contribution >= 4 is 6.03 Å². The Hall–Kier alpha value is -0.850. The number of urea groups is 1. The van der Waals surface area contributed by atoms with Gasteiger partial charge in [-0.1, -0.05) is 0 Å². The molecule has 6 nitrogen and oxygen atoms in total. The average Bonchev–Trinajstić information content (AvgIpc) is 2.44. The molecule has 5 N–H and O–H groups in total. The number of nitrogens with two attached hydrogens (primary N) is 1. The van der Waals surface area contributed by atoms with E-state index in [0.29, 0.717) is 6.61 Å². The van der Waals surface area contributed by atoms with Gasteiger partial charge >= 0.3 is 6.03 Å². The monoisotopic (exact) mass is 217 g/mol. The maximum Gasteiger partial charge on any atom is 0.315 e. The molecule has 2 amide bonds. The summed E-state index contributed by atoms with van der Waals surface area (Å²) in [5.41, 5.74) is 5.55. The normalized spacial score (nSPS) is 30.6. The van der Waals surface area contributed by atoms with E-state index in [1.165, 1.54) is 0 Å². The first-order chi connectivity index (χ1) is 7.00. The van der Waals surface area contributed by atoms with Crippen LogP contribution < -0.4 is 16.4 Å². The minimum Gasteiger partial charge on any atom is -0.389 e. The lowest BCUT2D eigenvalue weighted by molar-refractivity contribution is 0.0434. The van der Waals surface area contributed by atoms with Gasteiger partial charge in [0.15, 0.2) is 0 Å². The molecule has 0 saturated carbocycles. The SMILES string of the molecule is CC(C)NC(=O)NC[C@@H]1OC[C@H](N)[C@H]1O. The first-order valence-corrected chi connectivity index (χ1v) is 5.10. The average molecular weight is 217 g/mol. The molecule has 0 aromatic heterocycles. The van der Waals surface area contributed by atoms with E-state index in [1.807, 2.05) is 13.8 Å². The van der Waals surface area contributed by atoms with E-state index < -0.39 is 12.2 Å². The molecule has 0 radical (unpaired) electrons. The second kappa shape index (κ2) is 5.29. The number of ether oxygens (including phenoxy) is 1. The van der Waals surface area contributed by atoms with Crippen molar-refractivity contribution in [2.24, 2.45) is 5.73 Å². The summed E-state index contributed by atoms with van der Waals surface area (Å²) in [7, 11) is 0. The molecule has 1 rings (SSSR count). The smallest absolute Gasteiger partial charge is 0.315 e. The molecule has 0 aliphatic carbocycles. The molecular weight excluding hydrogens is 198 g/mol. The molecule has 0 spiro atoms. The van der Waals surface area contributed by atoms with Crippen molar-refractivity contribution < 1.29 is 14.6 Å². The zero-order valence-corrected chi connectivity index (χ0v) is 9.06. The largest absolute Gasteiger partial charge is 0.389 e. The first-order valence-electron chi connectivity index (χ1n) is 5.10. The summed E-state index contributed by atoms with van der Waals surface area (Å²) in [6.45, 7) is 4.35. The van der Waals surface area contributed by atoms with Crippen LogP contribution in [0.4, 0.5) is 4.79 Å². The van der Waals surface area contributed by atoms with Crippen molar-refractivity contribution in [3.8, 4) is 0 Å². The highest BCUT2D eigenvalue weighted by molar-refractivity contribution is 5.74. The Kier molecular flexibility index (Phi) is 4.31. The van der Waals surface area contributed by atoms with Crippen LogP contribution in [0.2, 0.25) is 0 Å². The van der Waals surface area contributed by atoms with Crippen LogP contribution in [0.5, 0.6) is 0 Å².